The van der Waals surface area contributed by atoms with E-state index in [1.54, 1.807) is 11.8 Å². The van der Waals surface area contributed by atoms with Gasteiger partial charge >= 0.3 is 0 Å². The Morgan fingerprint density at radius 2 is 1.81 bits per heavy atom. The number of halogens is 1. The summed E-state index contributed by atoms with van der Waals surface area (Å²) in [6.45, 7) is 5.25. The number of hydrogen-bond acceptors (Lipinski definition) is 2. The standard InChI is InChI=1S/C18H22FNS/c1-3-20-17(12-15-7-5-4-6-14(15)2)13-21-18-10-8-16(19)9-11-18/h4-11,17,20H,3,12-13H2,1-2H3. The summed E-state index contributed by atoms with van der Waals surface area (Å²) in [5.41, 5.74) is 2.73. The normalized spacial score (nSPS) is 12.3. The third-order valence-corrected chi connectivity index (χ3v) is 4.66. The molecule has 0 radical (unpaired) electrons. The number of nitrogens with one attached hydrogen (secondary N) is 1. The van der Waals surface area contributed by atoms with Gasteiger partial charge in [0.05, 0.1) is 0 Å². The number of thioether (sulfide) groups is 1. The van der Waals surface area contributed by atoms with Gasteiger partial charge < -0.3 is 5.32 Å². The summed E-state index contributed by atoms with van der Waals surface area (Å²) in [6, 6.07) is 15.7. The van der Waals surface area contributed by atoms with Gasteiger partial charge in [0.2, 0.25) is 0 Å². The molecule has 0 aromatic heterocycles. The lowest BCUT2D eigenvalue weighted by atomic mass is 10.0. The fourth-order valence-corrected chi connectivity index (χ4v) is 3.27. The topological polar surface area (TPSA) is 12.0 Å². The van der Waals surface area contributed by atoms with Crippen LogP contribution in [0.15, 0.2) is 53.4 Å². The van der Waals surface area contributed by atoms with Crippen LogP contribution in [0.25, 0.3) is 0 Å². The molecule has 3 heteroatoms. The van der Waals surface area contributed by atoms with Gasteiger partial charge in [-0.15, -0.1) is 11.8 Å². The van der Waals surface area contributed by atoms with E-state index in [1.807, 2.05) is 12.1 Å². The van der Waals surface area contributed by atoms with Gasteiger partial charge in [-0.1, -0.05) is 31.2 Å². The third kappa shape index (κ3) is 5.18. The van der Waals surface area contributed by atoms with E-state index in [0.29, 0.717) is 6.04 Å². The summed E-state index contributed by atoms with van der Waals surface area (Å²) in [7, 11) is 0. The molecular formula is C18H22FNS. The van der Waals surface area contributed by atoms with E-state index in [-0.39, 0.29) is 5.82 Å². The molecule has 1 N–H and O–H groups in total. The van der Waals surface area contributed by atoms with Crippen LogP contribution in [-0.2, 0) is 6.42 Å². The highest BCUT2D eigenvalue weighted by molar-refractivity contribution is 7.99. The second-order valence-electron chi connectivity index (χ2n) is 5.15. The lowest BCUT2D eigenvalue weighted by Gasteiger charge is -2.18. The van der Waals surface area contributed by atoms with Crippen molar-refractivity contribution in [3.8, 4) is 0 Å². The molecule has 0 saturated heterocycles. The number of likely N-dealkylation sites (N-methyl/N-ethyl adjacent to an activating group) is 1. The molecule has 21 heavy (non-hydrogen) atoms. The Balaban J connectivity index is 1.95. The second kappa shape index (κ2) is 8.20. The Morgan fingerprint density at radius 3 is 2.48 bits per heavy atom. The molecule has 1 atom stereocenters. The number of rotatable bonds is 7. The first-order chi connectivity index (χ1) is 10.2. The summed E-state index contributed by atoms with van der Waals surface area (Å²) in [4.78, 5) is 1.11. The molecule has 0 aliphatic heterocycles. The molecule has 0 fully saturated rings. The van der Waals surface area contributed by atoms with Gasteiger partial charge in [0.25, 0.3) is 0 Å². The monoisotopic (exact) mass is 303 g/mol. The molecule has 112 valence electrons. The molecule has 2 rings (SSSR count). The zero-order valence-electron chi connectivity index (χ0n) is 12.6. The average Bonchev–Trinajstić information content (AvgIpc) is 2.49. The lowest BCUT2D eigenvalue weighted by molar-refractivity contribution is 0.571. The van der Waals surface area contributed by atoms with E-state index in [9.17, 15) is 4.39 Å². The highest BCUT2D eigenvalue weighted by atomic mass is 32.2. The summed E-state index contributed by atoms with van der Waals surface area (Å²) in [5.74, 6) is 0.802. The molecule has 1 nitrogen and oxygen atoms in total. The minimum Gasteiger partial charge on any atom is -0.313 e. The highest BCUT2D eigenvalue weighted by Gasteiger charge is 2.10. The fraction of sp³-hybridized carbons (Fsp3) is 0.333. The molecule has 2 aromatic carbocycles. The van der Waals surface area contributed by atoms with Crippen molar-refractivity contribution in [2.45, 2.75) is 31.2 Å². The SMILES string of the molecule is CCNC(CSc1ccc(F)cc1)Cc1ccccc1C. The first-order valence-corrected chi connectivity index (χ1v) is 8.34. The van der Waals surface area contributed by atoms with Gasteiger partial charge in [0.15, 0.2) is 0 Å². The van der Waals surface area contributed by atoms with Gasteiger partial charge in [0.1, 0.15) is 5.82 Å². The predicted octanol–water partition coefficient (Wildman–Crippen LogP) is 4.45. The van der Waals surface area contributed by atoms with Crippen LogP contribution in [0.5, 0.6) is 0 Å². The highest BCUT2D eigenvalue weighted by Crippen LogP contribution is 2.20. The van der Waals surface area contributed by atoms with Crippen LogP contribution >= 0.6 is 11.8 Å². The van der Waals surface area contributed by atoms with E-state index >= 15 is 0 Å². The molecule has 2 aromatic rings. The van der Waals surface area contributed by atoms with Crippen molar-refractivity contribution in [2.75, 3.05) is 12.3 Å². The van der Waals surface area contributed by atoms with E-state index < -0.39 is 0 Å². The van der Waals surface area contributed by atoms with E-state index in [1.165, 1.54) is 23.3 Å². The van der Waals surface area contributed by atoms with Gasteiger partial charge in [0, 0.05) is 16.7 Å². The number of aryl methyl sites for hydroxylation is 1. The fourth-order valence-electron chi connectivity index (χ4n) is 2.31. The molecule has 0 amide bonds. The third-order valence-electron chi connectivity index (χ3n) is 3.49. The van der Waals surface area contributed by atoms with Crippen LogP contribution in [0.4, 0.5) is 4.39 Å². The minimum absolute atomic E-state index is 0.178. The van der Waals surface area contributed by atoms with Gasteiger partial charge in [-0.25, -0.2) is 4.39 Å². The van der Waals surface area contributed by atoms with Gasteiger partial charge in [-0.2, -0.15) is 0 Å². The van der Waals surface area contributed by atoms with Crippen molar-refractivity contribution in [3.05, 3.63) is 65.5 Å². The first kappa shape index (κ1) is 16.1. The van der Waals surface area contributed by atoms with Crippen LogP contribution in [0.1, 0.15) is 18.1 Å². The van der Waals surface area contributed by atoms with Crippen LogP contribution in [-0.4, -0.2) is 18.3 Å². The molecule has 0 bridgehead atoms. The second-order valence-corrected chi connectivity index (χ2v) is 6.24. The first-order valence-electron chi connectivity index (χ1n) is 7.35. The molecular weight excluding hydrogens is 281 g/mol. The molecule has 0 heterocycles. The van der Waals surface area contributed by atoms with Crippen LogP contribution in [0, 0.1) is 12.7 Å². The van der Waals surface area contributed by atoms with E-state index in [0.717, 1.165) is 23.6 Å². The van der Waals surface area contributed by atoms with Crippen molar-refractivity contribution >= 4 is 11.8 Å². The Labute approximate surface area is 131 Å². The zero-order chi connectivity index (χ0) is 15.1. The number of hydrogen-bond donors (Lipinski definition) is 1. The maximum Gasteiger partial charge on any atom is 0.123 e. The smallest absolute Gasteiger partial charge is 0.123 e. The van der Waals surface area contributed by atoms with Crippen LogP contribution in [0.2, 0.25) is 0 Å². The van der Waals surface area contributed by atoms with Crippen molar-refractivity contribution in [3.63, 3.8) is 0 Å². The molecule has 0 aliphatic carbocycles. The summed E-state index contributed by atoms with van der Waals surface area (Å²) >= 11 is 1.77. The Hall–Kier alpha value is -1.32. The predicted molar refractivity (Wildman–Crippen MR) is 89.5 cm³/mol. The Bertz CT molecular complexity index is 553. The summed E-state index contributed by atoms with van der Waals surface area (Å²) in [6.07, 6.45) is 1.02. The van der Waals surface area contributed by atoms with Crippen LogP contribution in [0.3, 0.4) is 0 Å². The largest absolute Gasteiger partial charge is 0.313 e. The van der Waals surface area contributed by atoms with Crippen molar-refractivity contribution < 1.29 is 4.39 Å². The molecule has 0 saturated carbocycles. The number of benzene rings is 2. The van der Waals surface area contributed by atoms with E-state index in [2.05, 4.69) is 43.4 Å². The van der Waals surface area contributed by atoms with Crippen molar-refractivity contribution in [1.82, 2.24) is 5.32 Å². The lowest BCUT2D eigenvalue weighted by Crippen LogP contribution is -2.33. The maximum absolute atomic E-state index is 12.9. The molecule has 1 unspecified atom stereocenters. The van der Waals surface area contributed by atoms with Crippen LogP contribution < -0.4 is 5.32 Å². The van der Waals surface area contributed by atoms with Gasteiger partial charge in [-0.05, 0) is 55.3 Å². The molecule has 0 spiro atoms. The zero-order valence-corrected chi connectivity index (χ0v) is 13.4. The Kier molecular flexibility index (Phi) is 6.27. The van der Waals surface area contributed by atoms with Crippen molar-refractivity contribution in [2.24, 2.45) is 0 Å². The minimum atomic E-state index is -0.178. The Morgan fingerprint density at radius 1 is 1.10 bits per heavy atom. The summed E-state index contributed by atoms with van der Waals surface area (Å²) < 4.78 is 12.9. The average molecular weight is 303 g/mol. The van der Waals surface area contributed by atoms with E-state index in [4.69, 9.17) is 0 Å². The maximum atomic E-state index is 12.9. The quantitative estimate of drug-likeness (QED) is 0.759. The summed E-state index contributed by atoms with van der Waals surface area (Å²) in [5, 5.41) is 3.55. The molecule has 0 aliphatic rings. The van der Waals surface area contributed by atoms with Crippen molar-refractivity contribution in [1.29, 1.82) is 0 Å². The van der Waals surface area contributed by atoms with Gasteiger partial charge in [-0.3, -0.25) is 0 Å².